The zero-order valence-corrected chi connectivity index (χ0v) is 13.0. The third kappa shape index (κ3) is 3.57. The number of hydrogen-bond donors (Lipinski definition) is 1. The summed E-state index contributed by atoms with van der Waals surface area (Å²) in [5.74, 6) is 1.70. The number of nitrogens with one attached hydrogen (secondary N) is 1. The predicted octanol–water partition coefficient (Wildman–Crippen LogP) is 3.33. The molecule has 0 bridgehead atoms. The molecule has 0 aromatic carbocycles. The van der Waals surface area contributed by atoms with Crippen molar-refractivity contribution in [2.75, 3.05) is 11.5 Å². The molecule has 1 aromatic rings. The first-order chi connectivity index (χ1) is 7.65. The maximum absolute atomic E-state index is 11.2. The van der Waals surface area contributed by atoms with Crippen LogP contribution in [0.4, 0.5) is 0 Å². The van der Waals surface area contributed by atoms with Crippen molar-refractivity contribution in [3.8, 4) is 0 Å². The van der Waals surface area contributed by atoms with Crippen LogP contribution in [0.1, 0.15) is 17.7 Å². The van der Waals surface area contributed by atoms with E-state index in [0.717, 1.165) is 24.3 Å². The molecule has 1 saturated heterocycles. The average molecular weight is 340 g/mol. The Labute approximate surface area is 115 Å². The van der Waals surface area contributed by atoms with E-state index in [4.69, 9.17) is 0 Å². The third-order valence-corrected chi connectivity index (χ3v) is 6.73. The first kappa shape index (κ1) is 13.1. The van der Waals surface area contributed by atoms with Crippen LogP contribution >= 0.6 is 39.2 Å². The van der Waals surface area contributed by atoms with Crippen molar-refractivity contribution in [1.29, 1.82) is 0 Å². The molecule has 2 rings (SSSR count). The summed E-state index contributed by atoms with van der Waals surface area (Å²) in [6.07, 6.45) is 2.06. The molecule has 1 aliphatic heterocycles. The van der Waals surface area contributed by atoms with Gasteiger partial charge in [0.2, 0.25) is 0 Å². The van der Waals surface area contributed by atoms with E-state index < -0.39 is 10.8 Å². The molecule has 0 amide bonds. The molecule has 2 nitrogen and oxygen atoms in total. The Hall–Kier alpha value is 0.640. The second-order valence-electron chi connectivity index (χ2n) is 3.81. The second kappa shape index (κ2) is 6.00. The van der Waals surface area contributed by atoms with Gasteiger partial charge < -0.3 is 0 Å². The molecule has 0 spiro atoms. The minimum atomic E-state index is -0.564. The first-order valence-electron chi connectivity index (χ1n) is 5.18. The number of thiophene rings is 1. The first-order valence-corrected chi connectivity index (χ1v) is 9.10. The van der Waals surface area contributed by atoms with Crippen LogP contribution in [0.15, 0.2) is 14.7 Å². The molecular weight excluding hydrogens is 326 g/mol. The molecular formula is C10H14BrNOS3. The monoisotopic (exact) mass is 339 g/mol. The fourth-order valence-corrected chi connectivity index (χ4v) is 5.80. The van der Waals surface area contributed by atoms with E-state index in [2.05, 4.69) is 33.6 Å². The highest BCUT2D eigenvalue weighted by Crippen LogP contribution is 2.32. The van der Waals surface area contributed by atoms with Crippen LogP contribution in [-0.4, -0.2) is 21.8 Å². The lowest BCUT2D eigenvalue weighted by Crippen LogP contribution is -2.31. The van der Waals surface area contributed by atoms with Crippen molar-refractivity contribution < 1.29 is 4.21 Å². The topological polar surface area (TPSA) is 29.1 Å². The molecule has 16 heavy (non-hydrogen) atoms. The van der Waals surface area contributed by atoms with Gasteiger partial charge in [-0.05, 0) is 53.7 Å². The number of hydrogen-bond acceptors (Lipinski definition) is 4. The molecule has 0 atom stereocenters. The zero-order chi connectivity index (χ0) is 11.5. The molecule has 0 aliphatic carbocycles. The zero-order valence-electron chi connectivity index (χ0n) is 8.99. The third-order valence-electron chi connectivity index (χ3n) is 2.57. The van der Waals surface area contributed by atoms with Crippen molar-refractivity contribution in [3.05, 3.63) is 14.7 Å². The minimum absolute atomic E-state index is 0.515. The lowest BCUT2D eigenvalue weighted by atomic mass is 10.2. The van der Waals surface area contributed by atoms with Gasteiger partial charge in [0, 0.05) is 38.1 Å². The van der Waals surface area contributed by atoms with Gasteiger partial charge in [-0.2, -0.15) is 0 Å². The van der Waals surface area contributed by atoms with E-state index in [9.17, 15) is 4.21 Å². The normalized spacial score (nSPS) is 25.9. The van der Waals surface area contributed by atoms with E-state index in [0.29, 0.717) is 6.04 Å². The maximum Gasteiger partial charge on any atom is 0.0713 e. The van der Waals surface area contributed by atoms with Crippen LogP contribution < -0.4 is 4.72 Å². The van der Waals surface area contributed by atoms with Gasteiger partial charge in [0.15, 0.2) is 0 Å². The van der Waals surface area contributed by atoms with Crippen LogP contribution in [0, 0.1) is 6.92 Å². The van der Waals surface area contributed by atoms with Crippen LogP contribution in [0.2, 0.25) is 0 Å². The Morgan fingerprint density at radius 3 is 2.81 bits per heavy atom. The standard InChI is InChI=1S/C10H14BrNOS3/c1-7-9(6-10(11)14-7)15-12-8-2-4-16(13)5-3-8/h6,8,12H,2-5H2,1H3. The number of aryl methyl sites for hydroxylation is 1. The van der Waals surface area contributed by atoms with Gasteiger partial charge in [-0.25, -0.2) is 0 Å². The molecule has 1 aromatic heterocycles. The van der Waals surface area contributed by atoms with E-state index in [-0.39, 0.29) is 0 Å². The van der Waals surface area contributed by atoms with Gasteiger partial charge in [-0.15, -0.1) is 11.3 Å². The number of rotatable bonds is 3. The predicted molar refractivity (Wildman–Crippen MR) is 76.6 cm³/mol. The van der Waals surface area contributed by atoms with Gasteiger partial charge in [0.1, 0.15) is 0 Å². The van der Waals surface area contributed by atoms with E-state index in [1.54, 1.807) is 23.3 Å². The Morgan fingerprint density at radius 1 is 1.56 bits per heavy atom. The SMILES string of the molecule is Cc1sc(Br)cc1SNC1CCS(=O)CC1. The molecule has 2 heterocycles. The highest BCUT2D eigenvalue weighted by atomic mass is 79.9. The molecule has 6 heteroatoms. The smallest absolute Gasteiger partial charge is 0.0713 e. The highest BCUT2D eigenvalue weighted by molar-refractivity contribution is 9.11. The second-order valence-corrected chi connectivity index (χ2v) is 9.02. The van der Waals surface area contributed by atoms with Crippen LogP contribution in [0.5, 0.6) is 0 Å². The van der Waals surface area contributed by atoms with Crippen LogP contribution in [0.25, 0.3) is 0 Å². The van der Waals surface area contributed by atoms with E-state index in [1.165, 1.54) is 13.6 Å². The summed E-state index contributed by atoms with van der Waals surface area (Å²) >= 11 is 6.96. The molecule has 0 radical (unpaired) electrons. The Kier molecular flexibility index (Phi) is 4.90. The summed E-state index contributed by atoms with van der Waals surface area (Å²) in [5.41, 5.74) is 0. The minimum Gasteiger partial charge on any atom is -0.260 e. The lowest BCUT2D eigenvalue weighted by Gasteiger charge is -2.21. The van der Waals surface area contributed by atoms with Crippen molar-refractivity contribution in [3.63, 3.8) is 0 Å². The molecule has 0 saturated carbocycles. The van der Waals surface area contributed by atoms with Crippen molar-refractivity contribution in [2.45, 2.75) is 30.7 Å². The number of halogens is 1. The van der Waals surface area contributed by atoms with Crippen molar-refractivity contribution in [2.24, 2.45) is 0 Å². The summed E-state index contributed by atoms with van der Waals surface area (Å²) in [6.45, 7) is 2.13. The fourth-order valence-electron chi connectivity index (χ4n) is 1.59. The Bertz CT molecular complexity index is 383. The largest absolute Gasteiger partial charge is 0.260 e. The highest BCUT2D eigenvalue weighted by Gasteiger charge is 2.18. The van der Waals surface area contributed by atoms with E-state index >= 15 is 0 Å². The molecule has 0 unspecified atom stereocenters. The molecule has 1 aliphatic rings. The van der Waals surface area contributed by atoms with Crippen LogP contribution in [0.3, 0.4) is 0 Å². The molecule has 1 fully saturated rings. The summed E-state index contributed by atoms with van der Waals surface area (Å²) in [7, 11) is -0.564. The van der Waals surface area contributed by atoms with Crippen LogP contribution in [-0.2, 0) is 10.8 Å². The summed E-state index contributed by atoms with van der Waals surface area (Å²) in [6, 6.07) is 2.67. The summed E-state index contributed by atoms with van der Waals surface area (Å²) < 4.78 is 15.9. The summed E-state index contributed by atoms with van der Waals surface area (Å²) in [4.78, 5) is 2.63. The van der Waals surface area contributed by atoms with Crippen molar-refractivity contribution >= 4 is 50.0 Å². The lowest BCUT2D eigenvalue weighted by molar-refractivity contribution is 0.569. The van der Waals surface area contributed by atoms with Crippen molar-refractivity contribution in [1.82, 2.24) is 4.72 Å². The average Bonchev–Trinajstić information content (AvgIpc) is 2.57. The quantitative estimate of drug-likeness (QED) is 0.856. The van der Waals surface area contributed by atoms with Gasteiger partial charge >= 0.3 is 0 Å². The van der Waals surface area contributed by atoms with Gasteiger partial charge in [-0.1, -0.05) is 0 Å². The Morgan fingerprint density at radius 2 is 2.25 bits per heavy atom. The Balaban J connectivity index is 1.83. The fraction of sp³-hybridized carbons (Fsp3) is 0.600. The van der Waals surface area contributed by atoms with Gasteiger partial charge in [-0.3, -0.25) is 8.93 Å². The maximum atomic E-state index is 11.2. The summed E-state index contributed by atoms with van der Waals surface area (Å²) in [5, 5.41) is 0. The van der Waals surface area contributed by atoms with Gasteiger partial charge in [0.25, 0.3) is 0 Å². The van der Waals surface area contributed by atoms with Gasteiger partial charge in [0.05, 0.1) is 3.79 Å². The molecule has 90 valence electrons. The van der Waals surface area contributed by atoms with E-state index in [1.807, 2.05) is 0 Å². The molecule has 1 N–H and O–H groups in total.